The zero-order valence-corrected chi connectivity index (χ0v) is 22.3. The molecule has 0 spiro atoms. The lowest BCUT2D eigenvalue weighted by atomic mass is 10.1. The van der Waals surface area contributed by atoms with E-state index in [4.69, 9.17) is 31.6 Å². The lowest BCUT2D eigenvalue weighted by Crippen LogP contribution is -2.35. The number of fused-ring (bicyclic) bond motifs is 1. The van der Waals surface area contributed by atoms with Gasteiger partial charge in [0.15, 0.2) is 0 Å². The molecule has 3 aromatic carbocycles. The normalized spacial score (nSPS) is 11.6. The van der Waals surface area contributed by atoms with Crippen molar-refractivity contribution in [2.75, 3.05) is 11.4 Å². The van der Waals surface area contributed by atoms with Crippen molar-refractivity contribution < 1.29 is 47.7 Å². The molecule has 0 heterocycles. The summed E-state index contributed by atoms with van der Waals surface area (Å²) in [6.07, 6.45) is -1.64. The van der Waals surface area contributed by atoms with Gasteiger partial charge >= 0.3 is 18.1 Å². The van der Waals surface area contributed by atoms with E-state index < -0.39 is 30.6 Å². The summed E-state index contributed by atoms with van der Waals surface area (Å²) in [5, 5.41) is 25.3. The minimum atomic E-state index is -5.08. The Morgan fingerprint density at radius 1 is 0.833 bits per heavy atom. The summed E-state index contributed by atoms with van der Waals surface area (Å²) < 4.78 is 31.7. The van der Waals surface area contributed by atoms with Crippen LogP contribution in [0.5, 0.6) is 0 Å². The van der Waals surface area contributed by atoms with Crippen LogP contribution >= 0.6 is 0 Å². The molecule has 1 aliphatic carbocycles. The quantitative estimate of drug-likeness (QED) is 0.278. The highest BCUT2D eigenvalue weighted by molar-refractivity contribution is 6.08. The third kappa shape index (κ3) is 10.0. The second-order valence-corrected chi connectivity index (χ2v) is 9.02. The van der Waals surface area contributed by atoms with Gasteiger partial charge in [-0.05, 0) is 77.9 Å². The number of hydrogen-bond acceptors (Lipinski definition) is 6. The number of anilines is 1. The summed E-state index contributed by atoms with van der Waals surface area (Å²) in [6.45, 7) is -0.277. The van der Waals surface area contributed by atoms with Crippen molar-refractivity contribution in [1.29, 1.82) is 0 Å². The van der Waals surface area contributed by atoms with Gasteiger partial charge in [-0.1, -0.05) is 30.3 Å². The highest BCUT2D eigenvalue weighted by Gasteiger charge is 2.38. The number of rotatable bonds is 7. The van der Waals surface area contributed by atoms with Gasteiger partial charge in [0.1, 0.15) is 6.54 Å². The molecule has 7 N–H and O–H groups in total. The Kier molecular flexibility index (Phi) is 12.2. The number of carbonyl (C=O) groups excluding carboxylic acids is 2. The first kappa shape index (κ1) is 33.5. The molecule has 42 heavy (non-hydrogen) atoms. The molecule has 0 radical (unpaired) electrons. The van der Waals surface area contributed by atoms with Gasteiger partial charge < -0.3 is 26.8 Å². The zero-order valence-electron chi connectivity index (χ0n) is 22.3. The molecule has 2 amide bonds. The van der Waals surface area contributed by atoms with Gasteiger partial charge in [0.2, 0.25) is 5.91 Å². The van der Waals surface area contributed by atoms with E-state index in [0.717, 1.165) is 18.4 Å². The molecule has 13 heteroatoms. The number of carbonyl (C=O) groups is 4. The average Bonchev–Trinajstić information content (AvgIpc) is 3.44. The predicted octanol–water partition coefficient (Wildman–Crippen LogP) is 3.28. The van der Waals surface area contributed by atoms with E-state index in [1.54, 1.807) is 48.5 Å². The molecule has 0 saturated heterocycles. The van der Waals surface area contributed by atoms with E-state index in [-0.39, 0.29) is 12.5 Å². The lowest BCUT2D eigenvalue weighted by molar-refractivity contribution is -0.192. The monoisotopic (exact) mass is 589 g/mol. The number of aliphatic carboxylic acids is 2. The number of aliphatic hydroxyl groups is 1. The van der Waals surface area contributed by atoms with Gasteiger partial charge in [-0.15, -0.1) is 0 Å². The summed E-state index contributed by atoms with van der Waals surface area (Å²) in [5.74, 6) is -4.61. The minimum Gasteiger partial charge on any atom is -0.480 e. The van der Waals surface area contributed by atoms with Crippen LogP contribution in [0.15, 0.2) is 66.7 Å². The molecule has 10 nitrogen and oxygen atoms in total. The molecular weight excluding hydrogens is 559 g/mol. The van der Waals surface area contributed by atoms with Crippen LogP contribution in [0.4, 0.5) is 18.9 Å². The zero-order chi connectivity index (χ0) is 31.4. The van der Waals surface area contributed by atoms with Crippen LogP contribution in [-0.2, 0) is 35.6 Å². The fourth-order valence-electron chi connectivity index (χ4n) is 3.91. The number of benzene rings is 3. The van der Waals surface area contributed by atoms with Gasteiger partial charge in [0, 0.05) is 23.4 Å². The van der Waals surface area contributed by atoms with E-state index in [2.05, 4.69) is 0 Å². The minimum absolute atomic E-state index is 0.119. The van der Waals surface area contributed by atoms with E-state index >= 15 is 0 Å². The third-order valence-electron chi connectivity index (χ3n) is 6.00. The Morgan fingerprint density at radius 3 is 1.98 bits per heavy atom. The molecule has 3 aromatic rings. The number of nitrogens with two attached hydrogens (primary N) is 2. The van der Waals surface area contributed by atoms with Crippen LogP contribution in [-0.4, -0.2) is 51.8 Å². The number of hydrogen-bond donors (Lipinski definition) is 5. The standard InChI is InChI=1S/C17H18N2O4.C10H11NO.C2HF3O2/c18-9-13-2-1-3-14(8-13)17(23)19(10-16(21)22)15-6-4-12(11-20)5-7-15;11-10(12)9-5-4-7-2-1-3-8(7)6-9;3-2(4,5)1(6)7/h1-8,20H,9-11,18H2,(H,21,22);4-6H,1-3H2,(H2,11,12);(H,6,7). The van der Waals surface area contributed by atoms with Gasteiger partial charge in [-0.3, -0.25) is 19.3 Å². The lowest BCUT2D eigenvalue weighted by Gasteiger charge is -2.21. The number of halogens is 3. The van der Waals surface area contributed by atoms with Crippen molar-refractivity contribution in [1.82, 2.24) is 0 Å². The average molecular weight is 590 g/mol. The molecule has 4 rings (SSSR count). The number of carboxylic acid groups (broad SMARTS) is 2. The maximum Gasteiger partial charge on any atom is 0.490 e. The van der Waals surface area contributed by atoms with Gasteiger partial charge in [-0.2, -0.15) is 13.2 Å². The Morgan fingerprint density at radius 2 is 1.45 bits per heavy atom. The smallest absolute Gasteiger partial charge is 0.480 e. The van der Waals surface area contributed by atoms with Crippen LogP contribution in [0.1, 0.15) is 49.4 Å². The molecule has 0 fully saturated rings. The van der Waals surface area contributed by atoms with Crippen molar-refractivity contribution >= 4 is 29.4 Å². The first-order chi connectivity index (χ1) is 19.8. The Hall–Kier alpha value is -4.75. The maximum atomic E-state index is 12.7. The number of alkyl halides is 3. The molecule has 1 aliphatic rings. The Bertz CT molecular complexity index is 1410. The van der Waals surface area contributed by atoms with Gasteiger partial charge in [0.25, 0.3) is 5.91 Å². The number of aryl methyl sites for hydroxylation is 2. The summed E-state index contributed by atoms with van der Waals surface area (Å²) in [5.41, 5.74) is 16.4. The number of aliphatic hydroxyl groups excluding tert-OH is 1. The highest BCUT2D eigenvalue weighted by Crippen LogP contribution is 2.22. The van der Waals surface area contributed by atoms with Crippen molar-refractivity contribution in [2.24, 2.45) is 11.5 Å². The fraction of sp³-hybridized carbons (Fsp3) is 0.241. The largest absolute Gasteiger partial charge is 0.490 e. The summed E-state index contributed by atoms with van der Waals surface area (Å²) in [7, 11) is 0. The predicted molar refractivity (Wildman–Crippen MR) is 147 cm³/mol. The molecule has 224 valence electrons. The second kappa shape index (κ2) is 15.3. The van der Waals surface area contributed by atoms with Crippen molar-refractivity contribution in [3.63, 3.8) is 0 Å². The van der Waals surface area contributed by atoms with Crippen LogP contribution in [0.25, 0.3) is 0 Å². The number of primary amides is 1. The summed E-state index contributed by atoms with van der Waals surface area (Å²) in [4.78, 5) is 44.7. The first-order valence-electron chi connectivity index (χ1n) is 12.5. The van der Waals surface area contributed by atoms with Crippen molar-refractivity contribution in [3.05, 3.63) is 100 Å². The molecule has 0 atom stereocenters. The number of carboxylic acids is 2. The second-order valence-electron chi connectivity index (χ2n) is 9.02. The fourth-order valence-corrected chi connectivity index (χ4v) is 3.91. The van der Waals surface area contributed by atoms with Crippen LogP contribution in [0.3, 0.4) is 0 Å². The van der Waals surface area contributed by atoms with Gasteiger partial charge in [0.05, 0.1) is 6.61 Å². The molecule has 0 bridgehead atoms. The Labute approximate surface area is 239 Å². The molecule has 0 saturated carbocycles. The van der Waals surface area contributed by atoms with Crippen molar-refractivity contribution in [2.45, 2.75) is 38.6 Å². The summed E-state index contributed by atoms with van der Waals surface area (Å²) in [6, 6.07) is 19.1. The first-order valence-corrected chi connectivity index (χ1v) is 12.5. The molecule has 0 aromatic heterocycles. The topological polar surface area (TPSA) is 184 Å². The summed E-state index contributed by atoms with van der Waals surface area (Å²) >= 11 is 0. The number of nitrogens with zero attached hydrogens (tertiary/aromatic N) is 1. The number of amides is 2. The SMILES string of the molecule is NC(=O)c1ccc2c(c1)CCC2.NCc1cccc(C(=O)N(CC(=O)O)c2ccc(CO)cc2)c1.O=C(O)C(F)(F)F. The van der Waals surface area contributed by atoms with Crippen molar-refractivity contribution in [3.8, 4) is 0 Å². The van der Waals surface area contributed by atoms with Gasteiger partial charge in [-0.25, -0.2) is 4.79 Å². The van der Waals surface area contributed by atoms with E-state index in [9.17, 15) is 27.6 Å². The maximum absolute atomic E-state index is 12.7. The van der Waals surface area contributed by atoms with Crippen LogP contribution in [0, 0.1) is 0 Å². The molecular formula is C29H30F3N3O7. The van der Waals surface area contributed by atoms with E-state index in [1.165, 1.54) is 22.4 Å². The third-order valence-corrected chi connectivity index (χ3v) is 6.00. The van der Waals surface area contributed by atoms with E-state index in [1.807, 2.05) is 18.2 Å². The Balaban J connectivity index is 0.000000268. The van der Waals surface area contributed by atoms with E-state index in [0.29, 0.717) is 28.9 Å². The molecule has 0 unspecified atom stereocenters. The van der Waals surface area contributed by atoms with Crippen LogP contribution in [0.2, 0.25) is 0 Å². The molecule has 0 aliphatic heterocycles. The highest BCUT2D eigenvalue weighted by atomic mass is 19.4. The van der Waals surface area contributed by atoms with Crippen LogP contribution < -0.4 is 16.4 Å².